The van der Waals surface area contributed by atoms with Crippen LogP contribution >= 0.6 is 0 Å². The number of hydrogen-bond acceptors (Lipinski definition) is 4. The smallest absolute Gasteiger partial charge is 0.167 e. The molecule has 0 aliphatic rings. The Labute approximate surface area is 91.4 Å². The molecule has 0 saturated heterocycles. The predicted molar refractivity (Wildman–Crippen MR) is 60.6 cm³/mol. The van der Waals surface area contributed by atoms with Crippen molar-refractivity contribution in [1.29, 1.82) is 0 Å². The van der Waals surface area contributed by atoms with E-state index in [0.717, 1.165) is 22.1 Å². The minimum atomic E-state index is 0.638. The van der Waals surface area contributed by atoms with Crippen molar-refractivity contribution in [3.05, 3.63) is 30.6 Å². The minimum Gasteiger partial charge on any atom is -0.383 e. The second-order valence-corrected chi connectivity index (χ2v) is 3.65. The third-order valence-corrected chi connectivity index (χ3v) is 2.65. The van der Waals surface area contributed by atoms with Crippen LogP contribution in [-0.2, 0) is 7.05 Å². The molecule has 0 unspecified atom stereocenters. The molecule has 3 rings (SSSR count). The Bertz CT molecular complexity index is 653. The number of anilines is 1. The predicted octanol–water partition coefficient (Wildman–Crippen LogP) is 1.81. The highest BCUT2D eigenvalue weighted by atomic mass is 16.5. The lowest BCUT2D eigenvalue weighted by atomic mass is 10.1. The van der Waals surface area contributed by atoms with Gasteiger partial charge in [-0.05, 0) is 17.7 Å². The monoisotopic (exact) mass is 214 g/mol. The number of fused-ring (bicyclic) bond motifs is 1. The number of hydrogen-bond donors (Lipinski definition) is 1. The van der Waals surface area contributed by atoms with Gasteiger partial charge in [-0.3, -0.25) is 4.68 Å². The van der Waals surface area contributed by atoms with Crippen LogP contribution in [0.1, 0.15) is 0 Å². The molecule has 80 valence electrons. The van der Waals surface area contributed by atoms with Gasteiger partial charge in [-0.2, -0.15) is 5.10 Å². The third kappa shape index (κ3) is 1.18. The summed E-state index contributed by atoms with van der Waals surface area (Å²) in [6.07, 6.45) is 3.43. The van der Waals surface area contributed by atoms with Crippen LogP contribution in [0.4, 0.5) is 5.82 Å². The molecule has 0 saturated carbocycles. The van der Waals surface area contributed by atoms with E-state index in [-0.39, 0.29) is 0 Å². The first-order chi connectivity index (χ1) is 7.75. The molecule has 0 bridgehead atoms. The molecule has 2 N–H and O–H groups in total. The minimum absolute atomic E-state index is 0.638. The van der Waals surface area contributed by atoms with E-state index in [1.165, 1.54) is 0 Å². The van der Waals surface area contributed by atoms with Crippen LogP contribution in [-0.4, -0.2) is 14.9 Å². The zero-order valence-corrected chi connectivity index (χ0v) is 8.71. The van der Waals surface area contributed by atoms with Gasteiger partial charge in [0.05, 0.1) is 12.4 Å². The molecule has 0 spiro atoms. The molecule has 0 atom stereocenters. The molecule has 0 radical (unpaired) electrons. The van der Waals surface area contributed by atoms with Crippen molar-refractivity contribution < 1.29 is 4.52 Å². The van der Waals surface area contributed by atoms with Gasteiger partial charge in [-0.1, -0.05) is 11.2 Å². The number of nitrogens with two attached hydrogens (primary N) is 1. The molecule has 16 heavy (non-hydrogen) atoms. The molecule has 0 fully saturated rings. The average Bonchev–Trinajstić information content (AvgIpc) is 2.86. The lowest BCUT2D eigenvalue weighted by molar-refractivity contribution is 0.456. The van der Waals surface area contributed by atoms with Gasteiger partial charge in [0.25, 0.3) is 0 Å². The average molecular weight is 214 g/mol. The number of aromatic nitrogens is 3. The zero-order chi connectivity index (χ0) is 11.1. The van der Waals surface area contributed by atoms with Crippen LogP contribution in [0.5, 0.6) is 0 Å². The van der Waals surface area contributed by atoms with Crippen molar-refractivity contribution in [2.75, 3.05) is 5.73 Å². The highest BCUT2D eigenvalue weighted by Gasteiger charge is 2.08. The van der Waals surface area contributed by atoms with Crippen LogP contribution in [0.15, 0.2) is 35.1 Å². The van der Waals surface area contributed by atoms with E-state index < -0.39 is 0 Å². The highest BCUT2D eigenvalue weighted by molar-refractivity contribution is 5.84. The Kier molecular flexibility index (Phi) is 1.73. The van der Waals surface area contributed by atoms with Crippen molar-refractivity contribution in [3.63, 3.8) is 0 Å². The van der Waals surface area contributed by atoms with Crippen LogP contribution in [0.3, 0.4) is 0 Å². The summed E-state index contributed by atoms with van der Waals surface area (Å²) in [5.41, 5.74) is 8.54. The summed E-state index contributed by atoms with van der Waals surface area (Å²) in [5, 5.41) is 8.82. The summed E-state index contributed by atoms with van der Waals surface area (Å²) in [6.45, 7) is 0. The molecule has 0 amide bonds. The van der Waals surface area contributed by atoms with E-state index in [1.54, 1.807) is 17.1 Å². The summed E-state index contributed by atoms with van der Waals surface area (Å²) < 4.78 is 6.75. The van der Waals surface area contributed by atoms with Gasteiger partial charge < -0.3 is 10.3 Å². The first kappa shape index (κ1) is 8.96. The van der Waals surface area contributed by atoms with Crippen LogP contribution in [0.25, 0.3) is 22.1 Å². The Morgan fingerprint density at radius 1 is 1.31 bits per heavy atom. The van der Waals surface area contributed by atoms with Gasteiger partial charge in [-0.15, -0.1) is 0 Å². The maximum absolute atomic E-state index is 5.91. The summed E-state index contributed by atoms with van der Waals surface area (Å²) in [5.74, 6) is 0.638. The summed E-state index contributed by atoms with van der Waals surface area (Å²) in [6, 6.07) is 5.84. The fourth-order valence-electron chi connectivity index (χ4n) is 1.70. The van der Waals surface area contributed by atoms with Gasteiger partial charge in [-0.25, -0.2) is 0 Å². The molecule has 1 aromatic carbocycles. The molecular formula is C11H10N4O. The standard InChI is InChI=1S/C11H10N4O/c1-15-11(12)9(6-13-15)7-2-3-8-5-14-16-10(8)4-7/h2-6H,12H2,1H3. The van der Waals surface area contributed by atoms with E-state index >= 15 is 0 Å². The largest absolute Gasteiger partial charge is 0.383 e. The normalized spacial score (nSPS) is 11.1. The lowest BCUT2D eigenvalue weighted by Gasteiger charge is -2.00. The van der Waals surface area contributed by atoms with E-state index in [2.05, 4.69) is 10.3 Å². The molecule has 5 nitrogen and oxygen atoms in total. The van der Waals surface area contributed by atoms with Crippen molar-refractivity contribution in [3.8, 4) is 11.1 Å². The van der Waals surface area contributed by atoms with Crippen LogP contribution < -0.4 is 5.73 Å². The molecular weight excluding hydrogens is 204 g/mol. The first-order valence-corrected chi connectivity index (χ1v) is 4.88. The Hall–Kier alpha value is -2.30. The van der Waals surface area contributed by atoms with Crippen LogP contribution in [0, 0.1) is 0 Å². The van der Waals surface area contributed by atoms with Crippen molar-refractivity contribution >= 4 is 16.8 Å². The number of aryl methyl sites for hydroxylation is 1. The molecule has 0 aliphatic carbocycles. The van der Waals surface area contributed by atoms with Gasteiger partial charge in [0, 0.05) is 18.0 Å². The molecule has 2 aromatic heterocycles. The third-order valence-electron chi connectivity index (χ3n) is 2.65. The topological polar surface area (TPSA) is 69.9 Å². The van der Waals surface area contributed by atoms with E-state index in [9.17, 15) is 0 Å². The second kappa shape index (κ2) is 3.10. The van der Waals surface area contributed by atoms with Gasteiger partial charge in [0.15, 0.2) is 5.58 Å². The molecule has 3 aromatic rings. The van der Waals surface area contributed by atoms with Gasteiger partial charge in [0.1, 0.15) is 5.82 Å². The van der Waals surface area contributed by atoms with Crippen LogP contribution in [0.2, 0.25) is 0 Å². The van der Waals surface area contributed by atoms with Gasteiger partial charge >= 0.3 is 0 Å². The number of nitrogens with zero attached hydrogens (tertiary/aromatic N) is 3. The maximum atomic E-state index is 5.91. The Morgan fingerprint density at radius 3 is 2.94 bits per heavy atom. The first-order valence-electron chi connectivity index (χ1n) is 4.88. The fraction of sp³-hybridized carbons (Fsp3) is 0.0909. The van der Waals surface area contributed by atoms with E-state index in [1.807, 2.05) is 25.2 Å². The number of rotatable bonds is 1. The van der Waals surface area contributed by atoms with Gasteiger partial charge in [0.2, 0.25) is 0 Å². The van der Waals surface area contributed by atoms with E-state index in [0.29, 0.717) is 5.82 Å². The van der Waals surface area contributed by atoms with Crippen molar-refractivity contribution in [2.24, 2.45) is 7.05 Å². The Morgan fingerprint density at radius 2 is 2.19 bits per heavy atom. The van der Waals surface area contributed by atoms with E-state index in [4.69, 9.17) is 10.3 Å². The summed E-state index contributed by atoms with van der Waals surface area (Å²) >= 11 is 0. The second-order valence-electron chi connectivity index (χ2n) is 3.65. The maximum Gasteiger partial charge on any atom is 0.167 e. The molecule has 5 heteroatoms. The number of benzene rings is 1. The quantitative estimate of drug-likeness (QED) is 0.670. The van der Waals surface area contributed by atoms with Crippen molar-refractivity contribution in [2.45, 2.75) is 0 Å². The zero-order valence-electron chi connectivity index (χ0n) is 8.71. The molecule has 2 heterocycles. The molecule has 0 aliphatic heterocycles. The van der Waals surface area contributed by atoms with Crippen molar-refractivity contribution in [1.82, 2.24) is 14.9 Å². The highest BCUT2D eigenvalue weighted by Crippen LogP contribution is 2.27. The number of nitrogen functional groups attached to an aromatic ring is 1. The lowest BCUT2D eigenvalue weighted by Crippen LogP contribution is -1.97. The summed E-state index contributed by atoms with van der Waals surface area (Å²) in [7, 11) is 1.81. The fourth-order valence-corrected chi connectivity index (χ4v) is 1.70. The summed E-state index contributed by atoms with van der Waals surface area (Å²) in [4.78, 5) is 0. The SMILES string of the molecule is Cn1ncc(-c2ccc3cnoc3c2)c1N. The Balaban J connectivity index is 2.21.